The van der Waals surface area contributed by atoms with Crippen LogP contribution in [0.5, 0.6) is 0 Å². The summed E-state index contributed by atoms with van der Waals surface area (Å²) < 4.78 is 0. The molecule has 2 fully saturated rings. The van der Waals surface area contributed by atoms with Crippen LogP contribution >= 0.6 is 0 Å². The van der Waals surface area contributed by atoms with Crippen LogP contribution in [0.1, 0.15) is 6.42 Å². The van der Waals surface area contributed by atoms with Gasteiger partial charge in [-0.05, 0) is 25.9 Å². The van der Waals surface area contributed by atoms with Crippen molar-refractivity contribution in [2.75, 3.05) is 52.9 Å². The molecule has 5 nitrogen and oxygen atoms in total. The van der Waals surface area contributed by atoms with Gasteiger partial charge in [0.2, 0.25) is 0 Å². The molecule has 0 radical (unpaired) electrons. The van der Waals surface area contributed by atoms with Gasteiger partial charge in [0, 0.05) is 39.3 Å². The maximum absolute atomic E-state index is 11.8. The van der Waals surface area contributed by atoms with Gasteiger partial charge in [0.05, 0.1) is 0 Å². The Bertz CT molecular complexity index is 240. The molecule has 16 heavy (non-hydrogen) atoms. The van der Waals surface area contributed by atoms with Gasteiger partial charge < -0.3 is 20.4 Å². The SMILES string of the molecule is CN1CCC(CNC(=O)N2CCNCC2)C1. The molecule has 0 saturated carbocycles. The molecule has 0 aromatic heterocycles. The van der Waals surface area contributed by atoms with Crippen LogP contribution in [0.2, 0.25) is 0 Å². The molecular formula is C11H22N4O. The van der Waals surface area contributed by atoms with Crippen molar-refractivity contribution in [1.29, 1.82) is 0 Å². The van der Waals surface area contributed by atoms with E-state index in [1.165, 1.54) is 6.42 Å². The second-order valence-corrected chi connectivity index (χ2v) is 4.84. The summed E-state index contributed by atoms with van der Waals surface area (Å²) in [6.07, 6.45) is 1.21. The molecule has 2 aliphatic heterocycles. The summed E-state index contributed by atoms with van der Waals surface area (Å²) in [5, 5.41) is 6.29. The van der Waals surface area contributed by atoms with Crippen LogP contribution in [0.4, 0.5) is 4.79 Å². The Balaban J connectivity index is 1.66. The van der Waals surface area contributed by atoms with Gasteiger partial charge in [0.15, 0.2) is 0 Å². The second kappa shape index (κ2) is 5.50. The molecule has 2 N–H and O–H groups in total. The van der Waals surface area contributed by atoms with Crippen LogP contribution in [0, 0.1) is 5.92 Å². The van der Waals surface area contributed by atoms with Crippen LogP contribution in [0.3, 0.4) is 0 Å². The molecule has 2 amide bonds. The van der Waals surface area contributed by atoms with Crippen molar-refractivity contribution < 1.29 is 4.79 Å². The van der Waals surface area contributed by atoms with Crippen LogP contribution < -0.4 is 10.6 Å². The molecule has 92 valence electrons. The Morgan fingerprint density at radius 1 is 1.38 bits per heavy atom. The second-order valence-electron chi connectivity index (χ2n) is 4.84. The average Bonchev–Trinajstić information content (AvgIpc) is 2.73. The zero-order valence-electron chi connectivity index (χ0n) is 10.0. The minimum atomic E-state index is 0.107. The number of hydrogen-bond donors (Lipinski definition) is 2. The number of urea groups is 1. The van der Waals surface area contributed by atoms with Gasteiger partial charge in [0.1, 0.15) is 0 Å². The molecule has 0 aromatic carbocycles. The van der Waals surface area contributed by atoms with Crippen molar-refractivity contribution in [3.63, 3.8) is 0 Å². The Hall–Kier alpha value is -0.810. The molecule has 2 saturated heterocycles. The van der Waals surface area contributed by atoms with E-state index in [0.717, 1.165) is 45.8 Å². The van der Waals surface area contributed by atoms with Gasteiger partial charge in [0.25, 0.3) is 0 Å². The highest BCUT2D eigenvalue weighted by Gasteiger charge is 2.21. The molecule has 0 aliphatic carbocycles. The minimum Gasteiger partial charge on any atom is -0.338 e. The van der Waals surface area contributed by atoms with Gasteiger partial charge in [-0.15, -0.1) is 0 Å². The predicted molar refractivity (Wildman–Crippen MR) is 63.4 cm³/mol. The predicted octanol–water partition coefficient (Wildman–Crippen LogP) is -0.447. The van der Waals surface area contributed by atoms with E-state index in [4.69, 9.17) is 0 Å². The van der Waals surface area contributed by atoms with Crippen LogP contribution in [-0.4, -0.2) is 68.7 Å². The summed E-state index contributed by atoms with van der Waals surface area (Å²) in [6.45, 7) is 6.59. The normalized spacial score (nSPS) is 27.1. The summed E-state index contributed by atoms with van der Waals surface area (Å²) in [6, 6.07) is 0.107. The van der Waals surface area contributed by atoms with E-state index in [0.29, 0.717) is 5.92 Å². The first-order valence-electron chi connectivity index (χ1n) is 6.18. The van der Waals surface area contributed by atoms with E-state index < -0.39 is 0 Å². The van der Waals surface area contributed by atoms with E-state index in [9.17, 15) is 4.79 Å². The summed E-state index contributed by atoms with van der Waals surface area (Å²) in [7, 11) is 2.14. The minimum absolute atomic E-state index is 0.107. The first-order valence-corrected chi connectivity index (χ1v) is 6.18. The lowest BCUT2D eigenvalue weighted by Crippen LogP contribution is -2.50. The third-order valence-electron chi connectivity index (χ3n) is 3.44. The first-order chi connectivity index (χ1) is 7.75. The van der Waals surface area contributed by atoms with Crippen molar-refractivity contribution in [2.24, 2.45) is 5.92 Å². The largest absolute Gasteiger partial charge is 0.338 e. The van der Waals surface area contributed by atoms with Crippen LogP contribution in [0.25, 0.3) is 0 Å². The standard InChI is InChI=1S/C11H22N4O/c1-14-5-2-10(9-14)8-13-11(16)15-6-3-12-4-7-15/h10,12H,2-9H2,1H3,(H,13,16). The molecular weight excluding hydrogens is 204 g/mol. The maximum atomic E-state index is 11.8. The summed E-state index contributed by atoms with van der Waals surface area (Å²) in [4.78, 5) is 16.0. The Labute approximate surface area is 97.2 Å². The molecule has 2 heterocycles. The molecule has 0 bridgehead atoms. The van der Waals surface area contributed by atoms with Gasteiger partial charge >= 0.3 is 6.03 Å². The van der Waals surface area contributed by atoms with E-state index in [1.807, 2.05) is 4.90 Å². The molecule has 0 spiro atoms. The van der Waals surface area contributed by atoms with E-state index in [-0.39, 0.29) is 6.03 Å². The van der Waals surface area contributed by atoms with E-state index in [1.54, 1.807) is 0 Å². The lowest BCUT2D eigenvalue weighted by Gasteiger charge is -2.28. The Kier molecular flexibility index (Phi) is 4.01. The zero-order chi connectivity index (χ0) is 11.4. The number of likely N-dealkylation sites (tertiary alicyclic amines) is 1. The average molecular weight is 226 g/mol. The van der Waals surface area contributed by atoms with Crippen molar-refractivity contribution >= 4 is 6.03 Å². The number of carbonyl (C=O) groups is 1. The maximum Gasteiger partial charge on any atom is 0.317 e. The fourth-order valence-electron chi connectivity index (χ4n) is 2.40. The van der Waals surface area contributed by atoms with Crippen LogP contribution in [-0.2, 0) is 0 Å². The fraction of sp³-hybridized carbons (Fsp3) is 0.909. The number of rotatable bonds is 2. The number of piperazine rings is 1. The molecule has 0 aromatic rings. The number of carbonyl (C=O) groups excluding carboxylic acids is 1. The third-order valence-corrected chi connectivity index (χ3v) is 3.44. The number of nitrogens with zero attached hydrogens (tertiary/aromatic N) is 2. The fourth-order valence-corrected chi connectivity index (χ4v) is 2.40. The van der Waals surface area contributed by atoms with E-state index in [2.05, 4.69) is 22.6 Å². The number of hydrogen-bond acceptors (Lipinski definition) is 3. The van der Waals surface area contributed by atoms with Crippen molar-refractivity contribution in [1.82, 2.24) is 20.4 Å². The molecule has 5 heteroatoms. The topological polar surface area (TPSA) is 47.6 Å². The highest BCUT2D eigenvalue weighted by atomic mass is 16.2. The lowest BCUT2D eigenvalue weighted by molar-refractivity contribution is 0.188. The smallest absolute Gasteiger partial charge is 0.317 e. The monoisotopic (exact) mass is 226 g/mol. The highest BCUT2D eigenvalue weighted by molar-refractivity contribution is 5.74. The van der Waals surface area contributed by atoms with Gasteiger partial charge in [-0.25, -0.2) is 4.79 Å². The molecule has 1 atom stereocenters. The van der Waals surface area contributed by atoms with Gasteiger partial charge in [-0.1, -0.05) is 0 Å². The van der Waals surface area contributed by atoms with Crippen molar-refractivity contribution in [3.05, 3.63) is 0 Å². The lowest BCUT2D eigenvalue weighted by atomic mass is 10.1. The van der Waals surface area contributed by atoms with Gasteiger partial charge in [-0.2, -0.15) is 0 Å². The van der Waals surface area contributed by atoms with Crippen LogP contribution in [0.15, 0.2) is 0 Å². The molecule has 2 aliphatic rings. The Morgan fingerprint density at radius 2 is 2.12 bits per heavy atom. The zero-order valence-corrected chi connectivity index (χ0v) is 10.0. The van der Waals surface area contributed by atoms with E-state index >= 15 is 0 Å². The number of amides is 2. The quantitative estimate of drug-likeness (QED) is 0.670. The van der Waals surface area contributed by atoms with Crippen molar-refractivity contribution in [3.8, 4) is 0 Å². The van der Waals surface area contributed by atoms with Gasteiger partial charge in [-0.3, -0.25) is 0 Å². The van der Waals surface area contributed by atoms with Crippen molar-refractivity contribution in [2.45, 2.75) is 6.42 Å². The summed E-state index contributed by atoms with van der Waals surface area (Å²) in [5.74, 6) is 0.636. The third kappa shape index (κ3) is 3.09. The summed E-state index contributed by atoms with van der Waals surface area (Å²) in [5.41, 5.74) is 0. The molecule has 2 rings (SSSR count). The Morgan fingerprint density at radius 3 is 2.75 bits per heavy atom. The highest BCUT2D eigenvalue weighted by Crippen LogP contribution is 2.12. The molecule has 1 unspecified atom stereocenters. The summed E-state index contributed by atoms with van der Waals surface area (Å²) >= 11 is 0. The number of nitrogens with one attached hydrogen (secondary N) is 2. The first kappa shape index (κ1) is 11.7.